The van der Waals surface area contributed by atoms with Crippen molar-refractivity contribution in [1.82, 2.24) is 14.9 Å². The Morgan fingerprint density at radius 1 is 1.28 bits per heavy atom. The molecule has 0 saturated carbocycles. The first-order valence-corrected chi connectivity index (χ1v) is 6.96. The summed E-state index contributed by atoms with van der Waals surface area (Å²) in [5.41, 5.74) is 6.60. The molecule has 18 heavy (non-hydrogen) atoms. The van der Waals surface area contributed by atoms with Crippen LogP contribution in [0, 0.1) is 17.8 Å². The third-order valence-electron chi connectivity index (χ3n) is 3.47. The zero-order valence-electron chi connectivity index (χ0n) is 12.2. The molecule has 0 amide bonds. The largest absolute Gasteiger partial charge is 0.336 e. The van der Waals surface area contributed by atoms with Crippen LogP contribution in [0.1, 0.15) is 33.4 Å². The van der Waals surface area contributed by atoms with Crippen molar-refractivity contribution in [2.75, 3.05) is 13.1 Å². The highest BCUT2D eigenvalue weighted by molar-refractivity contribution is 4.96. The molecule has 0 aliphatic rings. The van der Waals surface area contributed by atoms with E-state index in [-0.39, 0.29) is 0 Å². The number of nitrogens with two attached hydrogens (primary N) is 1. The molecule has 1 rings (SSSR count). The maximum Gasteiger partial charge on any atom is 0.0950 e. The average molecular weight is 252 g/mol. The summed E-state index contributed by atoms with van der Waals surface area (Å²) >= 11 is 0. The molecule has 0 fully saturated rings. The molecule has 4 heteroatoms. The van der Waals surface area contributed by atoms with Crippen LogP contribution in [0.2, 0.25) is 0 Å². The number of imidazole rings is 1. The zero-order valence-corrected chi connectivity index (χ0v) is 12.2. The van der Waals surface area contributed by atoms with Crippen molar-refractivity contribution in [2.45, 2.75) is 40.8 Å². The summed E-state index contributed by atoms with van der Waals surface area (Å²) in [5.74, 6) is 2.15. The van der Waals surface area contributed by atoms with E-state index >= 15 is 0 Å². The summed E-state index contributed by atoms with van der Waals surface area (Å²) in [5, 5.41) is 3.51. The van der Waals surface area contributed by atoms with Gasteiger partial charge < -0.3 is 15.6 Å². The van der Waals surface area contributed by atoms with E-state index in [0.29, 0.717) is 18.4 Å². The molecule has 1 aromatic heterocycles. The minimum atomic E-state index is 0.659. The number of nitrogens with zero attached hydrogens (tertiary/aromatic N) is 2. The predicted octanol–water partition coefficient (Wildman–Crippen LogP) is 1.86. The van der Waals surface area contributed by atoms with E-state index < -0.39 is 0 Å². The van der Waals surface area contributed by atoms with Crippen LogP contribution in [0.25, 0.3) is 0 Å². The molecule has 0 atom stereocenters. The molecule has 104 valence electrons. The first-order chi connectivity index (χ1) is 8.54. The van der Waals surface area contributed by atoms with Gasteiger partial charge in [-0.15, -0.1) is 0 Å². The van der Waals surface area contributed by atoms with E-state index in [2.05, 4.69) is 44.2 Å². The Hall–Kier alpha value is -0.870. The van der Waals surface area contributed by atoms with Crippen molar-refractivity contribution < 1.29 is 0 Å². The fourth-order valence-electron chi connectivity index (χ4n) is 2.38. The molecule has 0 aliphatic heterocycles. The molecule has 1 aromatic rings. The molecular weight excluding hydrogens is 224 g/mol. The first-order valence-electron chi connectivity index (χ1n) is 6.96. The summed E-state index contributed by atoms with van der Waals surface area (Å²) in [7, 11) is 0. The Morgan fingerprint density at radius 2 is 1.94 bits per heavy atom. The monoisotopic (exact) mass is 252 g/mol. The normalized spacial score (nSPS) is 12.0. The van der Waals surface area contributed by atoms with Gasteiger partial charge in [-0.3, -0.25) is 0 Å². The van der Waals surface area contributed by atoms with Crippen LogP contribution in [0.3, 0.4) is 0 Å². The van der Waals surface area contributed by atoms with Crippen LogP contribution in [-0.2, 0) is 13.1 Å². The van der Waals surface area contributed by atoms with Gasteiger partial charge in [0.15, 0.2) is 0 Å². The van der Waals surface area contributed by atoms with Crippen molar-refractivity contribution in [3.8, 4) is 0 Å². The summed E-state index contributed by atoms with van der Waals surface area (Å²) in [6.45, 7) is 12.6. The lowest BCUT2D eigenvalue weighted by molar-refractivity contribution is 0.275. The van der Waals surface area contributed by atoms with Gasteiger partial charge >= 0.3 is 0 Å². The lowest BCUT2D eigenvalue weighted by Gasteiger charge is -2.25. The lowest BCUT2D eigenvalue weighted by atomic mass is 9.85. The van der Waals surface area contributed by atoms with Crippen LogP contribution < -0.4 is 11.1 Å². The molecule has 0 aliphatic carbocycles. The molecule has 0 radical (unpaired) electrons. The topological polar surface area (TPSA) is 55.9 Å². The Balaban J connectivity index is 2.35. The fraction of sp³-hybridized carbons (Fsp3) is 0.786. The minimum absolute atomic E-state index is 0.659. The van der Waals surface area contributed by atoms with Crippen molar-refractivity contribution in [2.24, 2.45) is 23.5 Å². The van der Waals surface area contributed by atoms with Crippen LogP contribution >= 0.6 is 0 Å². The molecule has 3 N–H and O–H groups in total. The van der Waals surface area contributed by atoms with E-state index in [1.165, 1.54) is 0 Å². The minimum Gasteiger partial charge on any atom is -0.336 e. The van der Waals surface area contributed by atoms with Gasteiger partial charge in [-0.2, -0.15) is 0 Å². The number of nitrogens with one attached hydrogen (secondary N) is 1. The van der Waals surface area contributed by atoms with Gasteiger partial charge in [-0.1, -0.05) is 27.7 Å². The quantitative estimate of drug-likeness (QED) is 0.742. The Bertz CT molecular complexity index is 322. The van der Waals surface area contributed by atoms with Gasteiger partial charge in [0.1, 0.15) is 0 Å². The second-order valence-electron chi connectivity index (χ2n) is 5.67. The number of hydrogen-bond acceptors (Lipinski definition) is 3. The maximum absolute atomic E-state index is 5.51. The van der Waals surface area contributed by atoms with E-state index in [1.807, 2.05) is 10.9 Å². The molecule has 0 aromatic carbocycles. The molecule has 1 heterocycles. The highest BCUT2D eigenvalue weighted by atomic mass is 15.0. The van der Waals surface area contributed by atoms with Gasteiger partial charge in [0.25, 0.3) is 0 Å². The number of hydrogen-bond donors (Lipinski definition) is 2. The Labute approximate surface area is 111 Å². The second kappa shape index (κ2) is 7.54. The van der Waals surface area contributed by atoms with Crippen LogP contribution in [-0.4, -0.2) is 22.6 Å². The zero-order chi connectivity index (χ0) is 13.5. The lowest BCUT2D eigenvalue weighted by Crippen LogP contribution is -2.29. The molecule has 0 unspecified atom stereocenters. The van der Waals surface area contributed by atoms with E-state index in [0.717, 1.165) is 31.2 Å². The van der Waals surface area contributed by atoms with E-state index in [4.69, 9.17) is 5.73 Å². The third kappa shape index (κ3) is 4.78. The summed E-state index contributed by atoms with van der Waals surface area (Å²) in [4.78, 5) is 4.37. The Morgan fingerprint density at radius 3 is 2.50 bits per heavy atom. The summed E-state index contributed by atoms with van der Waals surface area (Å²) < 4.78 is 2.04. The molecule has 0 saturated heterocycles. The fourth-order valence-corrected chi connectivity index (χ4v) is 2.38. The first kappa shape index (κ1) is 15.2. The van der Waals surface area contributed by atoms with Gasteiger partial charge in [-0.05, 0) is 24.3 Å². The second-order valence-corrected chi connectivity index (χ2v) is 5.67. The molecule has 0 bridgehead atoms. The highest BCUT2D eigenvalue weighted by Gasteiger charge is 2.16. The van der Waals surface area contributed by atoms with Crippen LogP contribution in [0.4, 0.5) is 0 Å². The Kier molecular flexibility index (Phi) is 6.36. The number of aromatic nitrogens is 2. The van der Waals surface area contributed by atoms with Crippen molar-refractivity contribution in [3.63, 3.8) is 0 Å². The maximum atomic E-state index is 5.51. The van der Waals surface area contributed by atoms with Gasteiger partial charge in [-0.25, -0.2) is 4.98 Å². The third-order valence-corrected chi connectivity index (χ3v) is 3.47. The predicted molar refractivity (Wildman–Crippen MR) is 76.2 cm³/mol. The summed E-state index contributed by atoms with van der Waals surface area (Å²) in [6.07, 6.45) is 3.92. The van der Waals surface area contributed by atoms with Gasteiger partial charge in [0.2, 0.25) is 0 Å². The van der Waals surface area contributed by atoms with E-state index in [9.17, 15) is 0 Å². The van der Waals surface area contributed by atoms with Crippen molar-refractivity contribution in [1.29, 1.82) is 0 Å². The van der Waals surface area contributed by atoms with Gasteiger partial charge in [0, 0.05) is 25.8 Å². The smallest absolute Gasteiger partial charge is 0.0950 e. The van der Waals surface area contributed by atoms with Crippen LogP contribution in [0.15, 0.2) is 12.5 Å². The number of rotatable bonds is 8. The SMILES string of the molecule is CC(C)C(CNCc1cn(CCN)cn1)C(C)C. The summed E-state index contributed by atoms with van der Waals surface area (Å²) in [6, 6.07) is 0. The molecule has 4 nitrogen and oxygen atoms in total. The van der Waals surface area contributed by atoms with Gasteiger partial charge in [0.05, 0.1) is 12.0 Å². The van der Waals surface area contributed by atoms with Crippen molar-refractivity contribution >= 4 is 0 Å². The standard InChI is InChI=1S/C14H28N4/c1-11(2)14(12(3)4)8-16-7-13-9-18(6-5-15)10-17-13/h9-12,14,16H,5-8,15H2,1-4H3. The average Bonchev–Trinajstić information content (AvgIpc) is 2.71. The highest BCUT2D eigenvalue weighted by Crippen LogP contribution is 2.19. The molecular formula is C14H28N4. The van der Waals surface area contributed by atoms with Crippen LogP contribution in [0.5, 0.6) is 0 Å². The molecule has 0 spiro atoms. The van der Waals surface area contributed by atoms with Crippen molar-refractivity contribution in [3.05, 3.63) is 18.2 Å². The van der Waals surface area contributed by atoms with E-state index in [1.54, 1.807) is 0 Å².